The van der Waals surface area contributed by atoms with Gasteiger partial charge in [0.1, 0.15) is 0 Å². The van der Waals surface area contributed by atoms with Gasteiger partial charge in [-0.3, -0.25) is 0 Å². The number of hydrogen-bond acceptors (Lipinski definition) is 2. The Labute approximate surface area is 164 Å². The predicted octanol–water partition coefficient (Wildman–Crippen LogP) is 7.05. The number of fused-ring (bicyclic) bond motifs is 2. The summed E-state index contributed by atoms with van der Waals surface area (Å²) in [5.41, 5.74) is 10.1. The van der Waals surface area contributed by atoms with Crippen LogP contribution in [0.3, 0.4) is 0 Å². The van der Waals surface area contributed by atoms with E-state index in [4.69, 9.17) is 5.73 Å². The van der Waals surface area contributed by atoms with Crippen molar-refractivity contribution in [3.05, 3.63) is 109 Å². The van der Waals surface area contributed by atoms with Crippen LogP contribution in [-0.4, -0.2) is 0 Å². The van der Waals surface area contributed by atoms with Crippen LogP contribution >= 0.6 is 0 Å². The average molecular weight is 360 g/mol. The summed E-state index contributed by atoms with van der Waals surface area (Å²) in [4.78, 5) is 2.32. The van der Waals surface area contributed by atoms with Crippen molar-refractivity contribution in [1.82, 2.24) is 0 Å². The minimum Gasteiger partial charge on any atom is -0.399 e. The van der Waals surface area contributed by atoms with Gasteiger partial charge in [0.15, 0.2) is 0 Å². The zero-order chi connectivity index (χ0) is 18.9. The van der Waals surface area contributed by atoms with Crippen LogP contribution in [0.5, 0.6) is 0 Å². The molecule has 5 rings (SSSR count). The summed E-state index contributed by atoms with van der Waals surface area (Å²) >= 11 is 0. The molecule has 0 aromatic heterocycles. The number of benzene rings is 5. The molecule has 0 spiro atoms. The van der Waals surface area contributed by atoms with Crippen molar-refractivity contribution in [1.29, 1.82) is 0 Å². The van der Waals surface area contributed by atoms with Gasteiger partial charge in [0.05, 0.1) is 5.69 Å². The van der Waals surface area contributed by atoms with E-state index in [1.807, 2.05) is 18.2 Å². The van der Waals surface area contributed by atoms with E-state index in [1.165, 1.54) is 27.2 Å². The maximum atomic E-state index is 5.97. The van der Waals surface area contributed by atoms with Gasteiger partial charge in [-0.05, 0) is 53.2 Å². The second-order valence-electron chi connectivity index (χ2n) is 6.93. The third-order valence-electron chi connectivity index (χ3n) is 5.13. The fourth-order valence-electron chi connectivity index (χ4n) is 3.84. The molecule has 0 fully saturated rings. The summed E-state index contributed by atoms with van der Waals surface area (Å²) in [6.07, 6.45) is 0. The average Bonchev–Trinajstić information content (AvgIpc) is 2.75. The normalized spacial score (nSPS) is 11.0. The van der Waals surface area contributed by atoms with Crippen LogP contribution in [0.4, 0.5) is 22.7 Å². The number of anilines is 4. The fourth-order valence-corrected chi connectivity index (χ4v) is 3.84. The van der Waals surface area contributed by atoms with Gasteiger partial charge in [-0.2, -0.15) is 0 Å². The van der Waals surface area contributed by atoms with Crippen molar-refractivity contribution in [3.8, 4) is 0 Å². The van der Waals surface area contributed by atoms with Crippen LogP contribution in [0.2, 0.25) is 0 Å². The SMILES string of the molecule is Nc1ccc(N(c2ccccc2)c2c3ccccc3cc3ccccc23)cc1. The van der Waals surface area contributed by atoms with Crippen molar-refractivity contribution in [3.63, 3.8) is 0 Å². The zero-order valence-corrected chi connectivity index (χ0v) is 15.4. The smallest absolute Gasteiger partial charge is 0.0618 e. The van der Waals surface area contributed by atoms with Crippen molar-refractivity contribution in [2.24, 2.45) is 0 Å². The summed E-state index contributed by atoms with van der Waals surface area (Å²) in [5, 5.41) is 4.91. The lowest BCUT2D eigenvalue weighted by Gasteiger charge is -2.28. The van der Waals surface area contributed by atoms with Gasteiger partial charge in [0.25, 0.3) is 0 Å². The molecule has 0 aliphatic carbocycles. The van der Waals surface area contributed by atoms with Crippen molar-refractivity contribution < 1.29 is 0 Å². The molecule has 0 bridgehead atoms. The molecule has 0 unspecified atom stereocenters. The lowest BCUT2D eigenvalue weighted by Crippen LogP contribution is -2.11. The number of nitrogens with two attached hydrogens (primary N) is 1. The molecule has 0 saturated carbocycles. The first-order chi connectivity index (χ1) is 13.8. The molecule has 0 heterocycles. The molecule has 0 amide bonds. The predicted molar refractivity (Wildman–Crippen MR) is 121 cm³/mol. The zero-order valence-electron chi connectivity index (χ0n) is 15.4. The number of rotatable bonds is 3. The highest BCUT2D eigenvalue weighted by atomic mass is 15.1. The summed E-state index contributed by atoms with van der Waals surface area (Å²) in [7, 11) is 0. The van der Waals surface area contributed by atoms with Crippen LogP contribution in [0, 0.1) is 0 Å². The van der Waals surface area contributed by atoms with E-state index in [0.717, 1.165) is 17.1 Å². The number of para-hydroxylation sites is 1. The quantitative estimate of drug-likeness (QED) is 0.276. The van der Waals surface area contributed by atoms with Gasteiger partial charge in [0, 0.05) is 27.8 Å². The third kappa shape index (κ3) is 2.76. The molecule has 0 saturated heterocycles. The maximum absolute atomic E-state index is 5.97. The number of nitrogens with zero attached hydrogens (tertiary/aromatic N) is 1. The second kappa shape index (κ2) is 6.75. The number of nitrogen functional groups attached to an aromatic ring is 1. The molecule has 0 radical (unpaired) electrons. The lowest BCUT2D eigenvalue weighted by molar-refractivity contribution is 1.31. The third-order valence-corrected chi connectivity index (χ3v) is 5.13. The molecule has 0 aliphatic heterocycles. The van der Waals surface area contributed by atoms with Gasteiger partial charge in [-0.15, -0.1) is 0 Å². The standard InChI is InChI=1S/C26H20N2/c27-21-14-16-23(17-15-21)28(22-10-2-1-3-11-22)26-24-12-6-4-8-19(24)18-20-9-5-7-13-25(20)26/h1-18H,27H2. The molecule has 2 nitrogen and oxygen atoms in total. The van der Waals surface area contributed by atoms with Gasteiger partial charge in [-0.1, -0.05) is 66.7 Å². The summed E-state index contributed by atoms with van der Waals surface area (Å²) in [5.74, 6) is 0. The van der Waals surface area contributed by atoms with Crippen molar-refractivity contribution in [2.45, 2.75) is 0 Å². The van der Waals surface area contributed by atoms with Gasteiger partial charge in [0.2, 0.25) is 0 Å². The largest absolute Gasteiger partial charge is 0.399 e. The second-order valence-corrected chi connectivity index (χ2v) is 6.93. The first kappa shape index (κ1) is 16.4. The minimum atomic E-state index is 0.763. The molecule has 0 aliphatic rings. The molecule has 134 valence electrons. The number of hydrogen-bond donors (Lipinski definition) is 1. The molecule has 0 atom stereocenters. The molecular formula is C26H20N2. The minimum absolute atomic E-state index is 0.763. The molecular weight excluding hydrogens is 340 g/mol. The Kier molecular flexibility index (Phi) is 3.95. The Bertz CT molecular complexity index is 1200. The van der Waals surface area contributed by atoms with Gasteiger partial charge < -0.3 is 10.6 Å². The first-order valence-electron chi connectivity index (χ1n) is 9.42. The molecule has 5 aromatic rings. The molecule has 2 heteroatoms. The Morgan fingerprint density at radius 2 is 1.00 bits per heavy atom. The van der Waals surface area contributed by atoms with Crippen LogP contribution in [0.1, 0.15) is 0 Å². The van der Waals surface area contributed by atoms with Crippen LogP contribution in [-0.2, 0) is 0 Å². The maximum Gasteiger partial charge on any atom is 0.0618 e. The summed E-state index contributed by atoms with van der Waals surface area (Å²) < 4.78 is 0. The topological polar surface area (TPSA) is 29.3 Å². The molecule has 28 heavy (non-hydrogen) atoms. The Hall–Kier alpha value is -3.78. The van der Waals surface area contributed by atoms with E-state index in [-0.39, 0.29) is 0 Å². The van der Waals surface area contributed by atoms with Crippen molar-refractivity contribution >= 4 is 44.3 Å². The highest BCUT2D eigenvalue weighted by Crippen LogP contribution is 2.43. The molecule has 2 N–H and O–H groups in total. The van der Waals surface area contributed by atoms with Gasteiger partial charge in [-0.25, -0.2) is 0 Å². The van der Waals surface area contributed by atoms with Gasteiger partial charge >= 0.3 is 0 Å². The Morgan fingerprint density at radius 3 is 1.61 bits per heavy atom. The van der Waals surface area contributed by atoms with Crippen LogP contribution in [0.15, 0.2) is 109 Å². The first-order valence-corrected chi connectivity index (χ1v) is 9.42. The van der Waals surface area contributed by atoms with Crippen LogP contribution in [0.25, 0.3) is 21.5 Å². The highest BCUT2D eigenvalue weighted by molar-refractivity contribution is 6.14. The Morgan fingerprint density at radius 1 is 0.500 bits per heavy atom. The monoisotopic (exact) mass is 360 g/mol. The van der Waals surface area contributed by atoms with E-state index in [9.17, 15) is 0 Å². The Balaban J connectivity index is 1.91. The van der Waals surface area contributed by atoms with E-state index >= 15 is 0 Å². The summed E-state index contributed by atoms with van der Waals surface area (Å²) in [6, 6.07) is 38.0. The molecule has 5 aromatic carbocycles. The summed E-state index contributed by atoms with van der Waals surface area (Å²) in [6.45, 7) is 0. The van der Waals surface area contributed by atoms with Crippen molar-refractivity contribution in [2.75, 3.05) is 10.6 Å². The van der Waals surface area contributed by atoms with Crippen LogP contribution < -0.4 is 10.6 Å². The van der Waals surface area contributed by atoms with E-state index in [1.54, 1.807) is 0 Å². The fraction of sp³-hybridized carbons (Fsp3) is 0. The lowest BCUT2D eigenvalue weighted by atomic mass is 9.99. The van der Waals surface area contributed by atoms with E-state index in [0.29, 0.717) is 0 Å². The highest BCUT2D eigenvalue weighted by Gasteiger charge is 2.18. The van der Waals surface area contributed by atoms with E-state index < -0.39 is 0 Å². The van der Waals surface area contributed by atoms with E-state index in [2.05, 4.69) is 95.9 Å².